The zero-order chi connectivity index (χ0) is 22.7. The van der Waals surface area contributed by atoms with Crippen LogP contribution in [0.3, 0.4) is 0 Å². The molecule has 33 heavy (non-hydrogen) atoms. The molecule has 0 fully saturated rings. The zero-order valence-electron chi connectivity index (χ0n) is 19.7. The minimum atomic E-state index is -1.99. The molecule has 5 rings (SSSR count). The van der Waals surface area contributed by atoms with E-state index >= 15 is 0 Å². The number of hydrogen-bond donors (Lipinski definition) is 0. The Balaban J connectivity index is 1.92. The Labute approximate surface area is 200 Å². The predicted molar refractivity (Wildman–Crippen MR) is 149 cm³/mol. The van der Waals surface area contributed by atoms with Crippen molar-refractivity contribution in [3.8, 4) is 0 Å². The van der Waals surface area contributed by atoms with Crippen LogP contribution in [0.2, 0.25) is 25.2 Å². The van der Waals surface area contributed by atoms with Crippen molar-refractivity contribution in [1.82, 2.24) is 0 Å². The SMILES string of the molecule is C[Si@]1(c2ccccc2)CCC[Si@@](C)(c2ccccc2)C(c2ccccc2)=C1c1ccccc1. The highest BCUT2D eigenvalue weighted by atomic mass is 28.3. The lowest BCUT2D eigenvalue weighted by Gasteiger charge is -2.36. The van der Waals surface area contributed by atoms with Gasteiger partial charge in [-0.05, 0) is 33.6 Å². The van der Waals surface area contributed by atoms with Gasteiger partial charge < -0.3 is 0 Å². The minimum Gasteiger partial charge on any atom is -0.0626 e. The van der Waals surface area contributed by atoms with E-state index in [0.717, 1.165) is 0 Å². The quantitative estimate of drug-likeness (QED) is 0.286. The van der Waals surface area contributed by atoms with Crippen LogP contribution in [0.4, 0.5) is 0 Å². The third kappa shape index (κ3) is 3.98. The summed E-state index contributed by atoms with van der Waals surface area (Å²) in [6.07, 6.45) is 1.29. The smallest absolute Gasteiger partial charge is 0.0626 e. The van der Waals surface area contributed by atoms with Crippen LogP contribution in [0.15, 0.2) is 121 Å². The molecule has 0 N–H and O–H groups in total. The van der Waals surface area contributed by atoms with Gasteiger partial charge in [0.2, 0.25) is 0 Å². The summed E-state index contributed by atoms with van der Waals surface area (Å²) >= 11 is 0. The maximum atomic E-state index is 2.62. The highest BCUT2D eigenvalue weighted by molar-refractivity contribution is 7.15. The van der Waals surface area contributed by atoms with Gasteiger partial charge in [-0.2, -0.15) is 0 Å². The summed E-state index contributed by atoms with van der Waals surface area (Å²) in [6.45, 7) is 5.25. The fraction of sp³-hybridized carbons (Fsp3) is 0.161. The summed E-state index contributed by atoms with van der Waals surface area (Å²) in [6, 6.07) is 48.0. The number of benzene rings is 4. The Bertz CT molecular complexity index is 1130. The molecule has 1 heterocycles. The molecule has 0 saturated heterocycles. The van der Waals surface area contributed by atoms with Crippen LogP contribution in [-0.4, -0.2) is 16.1 Å². The highest BCUT2D eigenvalue weighted by Crippen LogP contribution is 2.45. The molecule has 0 aromatic heterocycles. The summed E-state index contributed by atoms with van der Waals surface area (Å²) in [7, 11) is -3.97. The molecule has 0 radical (unpaired) electrons. The van der Waals surface area contributed by atoms with E-state index in [1.54, 1.807) is 20.8 Å². The standard InChI is InChI=1S/C31H32Si2/c1-32(28-20-11-5-12-21-28)24-15-25-33(2,29-22-13-6-14-23-29)31(27-18-9-4-10-19-27)30(32)26-16-7-3-8-17-26/h3-14,16-23H,15,24-25H2,1-2H3/t32-,33+. The lowest BCUT2D eigenvalue weighted by molar-refractivity contribution is 1.04. The lowest BCUT2D eigenvalue weighted by atomic mass is 10.1. The first-order valence-corrected chi connectivity index (χ1v) is 17.5. The number of rotatable bonds is 4. The molecule has 0 aliphatic carbocycles. The molecule has 1 aliphatic rings. The third-order valence-electron chi connectivity index (χ3n) is 7.65. The topological polar surface area (TPSA) is 0 Å². The van der Waals surface area contributed by atoms with Gasteiger partial charge in [0, 0.05) is 0 Å². The Morgan fingerprint density at radius 2 is 0.727 bits per heavy atom. The average Bonchev–Trinajstić information content (AvgIpc) is 3.01. The third-order valence-corrected chi connectivity index (χ3v) is 17.1. The Morgan fingerprint density at radius 3 is 1.06 bits per heavy atom. The molecule has 0 bridgehead atoms. The first kappa shape index (κ1) is 21.9. The summed E-state index contributed by atoms with van der Waals surface area (Å²) in [4.78, 5) is 0. The van der Waals surface area contributed by atoms with Gasteiger partial charge in [0.25, 0.3) is 0 Å². The van der Waals surface area contributed by atoms with Crippen LogP contribution in [0.1, 0.15) is 17.5 Å². The molecule has 4 aromatic carbocycles. The summed E-state index contributed by atoms with van der Waals surface area (Å²) in [5.41, 5.74) is 2.84. The van der Waals surface area contributed by atoms with Gasteiger partial charge in [0.15, 0.2) is 0 Å². The van der Waals surface area contributed by atoms with Crippen molar-refractivity contribution in [1.29, 1.82) is 0 Å². The van der Waals surface area contributed by atoms with E-state index < -0.39 is 16.1 Å². The van der Waals surface area contributed by atoms with E-state index in [0.29, 0.717) is 0 Å². The van der Waals surface area contributed by atoms with Crippen molar-refractivity contribution in [2.45, 2.75) is 31.6 Å². The molecule has 0 nitrogen and oxygen atoms in total. The highest BCUT2D eigenvalue weighted by Gasteiger charge is 2.46. The predicted octanol–water partition coefficient (Wildman–Crippen LogP) is 7.05. The van der Waals surface area contributed by atoms with Crippen LogP contribution in [0.25, 0.3) is 10.4 Å². The molecule has 164 valence electrons. The van der Waals surface area contributed by atoms with Crippen LogP contribution in [0, 0.1) is 0 Å². The average molecular weight is 461 g/mol. The van der Waals surface area contributed by atoms with Crippen LogP contribution in [0.5, 0.6) is 0 Å². The Kier molecular flexibility index (Phi) is 6.05. The first-order valence-electron chi connectivity index (χ1n) is 12.1. The molecule has 0 unspecified atom stereocenters. The second-order valence-corrected chi connectivity index (χ2v) is 18.2. The second-order valence-electron chi connectivity index (χ2n) is 9.73. The molecule has 2 atom stereocenters. The summed E-state index contributed by atoms with van der Waals surface area (Å²) < 4.78 is 0. The number of hydrogen-bond acceptors (Lipinski definition) is 0. The van der Waals surface area contributed by atoms with Gasteiger partial charge >= 0.3 is 0 Å². The van der Waals surface area contributed by atoms with Crippen LogP contribution < -0.4 is 10.4 Å². The van der Waals surface area contributed by atoms with E-state index in [4.69, 9.17) is 0 Å². The molecule has 2 heteroatoms. The molecule has 0 amide bonds. The first-order chi connectivity index (χ1) is 16.1. The normalized spacial score (nSPS) is 23.2. The van der Waals surface area contributed by atoms with E-state index in [9.17, 15) is 0 Å². The van der Waals surface area contributed by atoms with Crippen LogP contribution >= 0.6 is 0 Å². The van der Waals surface area contributed by atoms with E-state index in [-0.39, 0.29) is 0 Å². The van der Waals surface area contributed by atoms with Crippen molar-refractivity contribution in [3.05, 3.63) is 132 Å². The van der Waals surface area contributed by atoms with Crippen molar-refractivity contribution in [2.24, 2.45) is 0 Å². The monoisotopic (exact) mass is 460 g/mol. The molecule has 0 saturated carbocycles. The van der Waals surface area contributed by atoms with E-state index in [1.807, 2.05) is 0 Å². The zero-order valence-corrected chi connectivity index (χ0v) is 21.7. The largest absolute Gasteiger partial charge is 0.115 e. The fourth-order valence-corrected chi connectivity index (χ4v) is 16.2. The molecule has 0 spiro atoms. The summed E-state index contributed by atoms with van der Waals surface area (Å²) in [5, 5.41) is 6.44. The van der Waals surface area contributed by atoms with Gasteiger partial charge in [-0.1, -0.05) is 151 Å². The Morgan fingerprint density at radius 1 is 0.424 bits per heavy atom. The molecule has 1 aliphatic heterocycles. The van der Waals surface area contributed by atoms with E-state index in [2.05, 4.69) is 134 Å². The van der Waals surface area contributed by atoms with Gasteiger partial charge in [-0.15, -0.1) is 0 Å². The maximum absolute atomic E-state index is 2.62. The molecule has 4 aromatic rings. The van der Waals surface area contributed by atoms with Gasteiger partial charge in [-0.25, -0.2) is 0 Å². The van der Waals surface area contributed by atoms with Gasteiger partial charge in [0.1, 0.15) is 16.1 Å². The maximum Gasteiger partial charge on any atom is 0.115 e. The van der Waals surface area contributed by atoms with Crippen LogP contribution in [-0.2, 0) is 0 Å². The van der Waals surface area contributed by atoms with E-state index in [1.165, 1.54) is 29.6 Å². The van der Waals surface area contributed by atoms with Gasteiger partial charge in [0.05, 0.1) is 0 Å². The minimum absolute atomic E-state index is 1.29. The Hall–Kier alpha value is -2.95. The van der Waals surface area contributed by atoms with Crippen molar-refractivity contribution >= 4 is 36.9 Å². The fourth-order valence-electron chi connectivity index (χ4n) is 5.92. The molecular weight excluding hydrogens is 429 g/mol. The summed E-state index contributed by atoms with van der Waals surface area (Å²) in [5.74, 6) is 0. The molecular formula is C31H32Si2. The van der Waals surface area contributed by atoms with Gasteiger partial charge in [-0.3, -0.25) is 0 Å². The second kappa shape index (κ2) is 9.13. The lowest BCUT2D eigenvalue weighted by Crippen LogP contribution is -2.49. The van der Waals surface area contributed by atoms with Crippen molar-refractivity contribution in [2.75, 3.05) is 0 Å². The van der Waals surface area contributed by atoms with Crippen molar-refractivity contribution in [3.63, 3.8) is 0 Å². The van der Waals surface area contributed by atoms with Crippen molar-refractivity contribution < 1.29 is 0 Å².